The normalized spacial score (nSPS) is 11.2. The highest BCUT2D eigenvalue weighted by Crippen LogP contribution is 2.30. The van der Waals surface area contributed by atoms with E-state index in [0.29, 0.717) is 0 Å². The van der Waals surface area contributed by atoms with Crippen LogP contribution in [0.25, 0.3) is 0 Å². The van der Waals surface area contributed by atoms with Gasteiger partial charge in [-0.2, -0.15) is 0 Å². The standard InChI is InChI=1S/C15H14ClNO4S2/c1-22-11-6-8-12(9-7-11)23(20,21)17(10-15(18)19)14-5-3-2-4-13(14)16/h2-9H,10H2,1H3,(H,18,19). The van der Waals surface area contributed by atoms with Crippen LogP contribution >= 0.6 is 23.4 Å². The highest BCUT2D eigenvalue weighted by Gasteiger charge is 2.28. The van der Waals surface area contributed by atoms with E-state index in [-0.39, 0.29) is 15.6 Å². The van der Waals surface area contributed by atoms with Crippen LogP contribution in [-0.4, -0.2) is 32.3 Å². The molecule has 2 aromatic rings. The number of carboxylic acid groups (broad SMARTS) is 1. The SMILES string of the molecule is CSc1ccc(S(=O)(=O)N(CC(=O)O)c2ccccc2Cl)cc1. The predicted molar refractivity (Wildman–Crippen MR) is 91.8 cm³/mol. The Morgan fingerprint density at radius 2 is 1.78 bits per heavy atom. The smallest absolute Gasteiger partial charge is 0.324 e. The van der Waals surface area contributed by atoms with E-state index in [9.17, 15) is 13.2 Å². The molecule has 0 saturated carbocycles. The average molecular weight is 372 g/mol. The summed E-state index contributed by atoms with van der Waals surface area (Å²) in [4.78, 5) is 12.0. The zero-order valence-corrected chi connectivity index (χ0v) is 14.5. The quantitative estimate of drug-likeness (QED) is 0.788. The minimum Gasteiger partial charge on any atom is -0.480 e. The lowest BCUT2D eigenvalue weighted by Gasteiger charge is -2.23. The number of benzene rings is 2. The first-order valence-electron chi connectivity index (χ1n) is 6.49. The number of carboxylic acids is 1. The van der Waals surface area contributed by atoms with E-state index in [1.54, 1.807) is 24.3 Å². The van der Waals surface area contributed by atoms with Crippen LogP contribution in [0.4, 0.5) is 5.69 Å². The summed E-state index contributed by atoms with van der Waals surface area (Å²) in [6.45, 7) is -0.712. The van der Waals surface area contributed by atoms with Crippen LogP contribution < -0.4 is 4.31 Å². The fourth-order valence-corrected chi connectivity index (χ4v) is 4.08. The number of halogens is 1. The number of anilines is 1. The third-order valence-corrected chi connectivity index (χ3v) is 5.88. The molecule has 0 unspecified atom stereocenters. The number of aliphatic carboxylic acids is 1. The molecule has 2 rings (SSSR count). The van der Waals surface area contributed by atoms with Gasteiger partial charge < -0.3 is 5.11 Å². The highest BCUT2D eigenvalue weighted by molar-refractivity contribution is 7.98. The van der Waals surface area contributed by atoms with Crippen molar-refractivity contribution in [3.8, 4) is 0 Å². The number of para-hydroxylation sites is 1. The minimum absolute atomic E-state index is 0.0106. The first-order chi connectivity index (χ1) is 10.9. The monoisotopic (exact) mass is 371 g/mol. The van der Waals surface area contributed by atoms with Crippen molar-refractivity contribution < 1.29 is 18.3 Å². The molecular weight excluding hydrogens is 358 g/mol. The zero-order valence-electron chi connectivity index (χ0n) is 12.1. The molecule has 5 nitrogen and oxygen atoms in total. The number of nitrogens with zero attached hydrogens (tertiary/aromatic N) is 1. The summed E-state index contributed by atoms with van der Waals surface area (Å²) in [5, 5.41) is 9.24. The number of carbonyl (C=O) groups is 1. The maximum Gasteiger partial charge on any atom is 0.324 e. The van der Waals surface area contributed by atoms with Crippen molar-refractivity contribution in [3.63, 3.8) is 0 Å². The summed E-state index contributed by atoms with van der Waals surface area (Å²) >= 11 is 7.52. The van der Waals surface area contributed by atoms with Gasteiger partial charge in [-0.1, -0.05) is 23.7 Å². The number of sulfonamides is 1. The Labute approximate surface area is 143 Å². The molecule has 0 amide bonds. The van der Waals surface area contributed by atoms with Gasteiger partial charge in [0.15, 0.2) is 0 Å². The van der Waals surface area contributed by atoms with Crippen LogP contribution in [0.2, 0.25) is 5.02 Å². The van der Waals surface area contributed by atoms with E-state index < -0.39 is 22.5 Å². The van der Waals surface area contributed by atoms with Gasteiger partial charge in [-0.05, 0) is 42.7 Å². The van der Waals surface area contributed by atoms with Gasteiger partial charge in [-0.25, -0.2) is 8.42 Å². The molecule has 0 aliphatic rings. The molecule has 122 valence electrons. The lowest BCUT2D eigenvalue weighted by atomic mass is 10.3. The second-order valence-electron chi connectivity index (χ2n) is 4.53. The average Bonchev–Trinajstić information content (AvgIpc) is 2.53. The summed E-state index contributed by atoms with van der Waals surface area (Å²) in [7, 11) is -4.04. The summed E-state index contributed by atoms with van der Waals surface area (Å²) in [5.41, 5.74) is 0.130. The van der Waals surface area contributed by atoms with Gasteiger partial charge in [0.1, 0.15) is 6.54 Å². The van der Waals surface area contributed by atoms with E-state index in [1.807, 2.05) is 6.26 Å². The fraction of sp³-hybridized carbons (Fsp3) is 0.133. The van der Waals surface area contributed by atoms with Crippen LogP contribution in [0, 0.1) is 0 Å². The number of hydrogen-bond acceptors (Lipinski definition) is 4. The van der Waals surface area contributed by atoms with E-state index in [0.717, 1.165) is 9.20 Å². The van der Waals surface area contributed by atoms with Gasteiger partial charge in [0, 0.05) is 4.90 Å². The molecule has 0 radical (unpaired) electrons. The predicted octanol–water partition coefficient (Wildman–Crippen LogP) is 3.34. The van der Waals surface area contributed by atoms with E-state index in [1.165, 1.54) is 36.0 Å². The zero-order chi connectivity index (χ0) is 17.0. The van der Waals surface area contributed by atoms with Crippen LogP contribution in [0.5, 0.6) is 0 Å². The fourth-order valence-electron chi connectivity index (χ4n) is 1.95. The Kier molecular flexibility index (Phi) is 5.56. The molecule has 0 spiro atoms. The molecule has 23 heavy (non-hydrogen) atoms. The maximum atomic E-state index is 12.8. The summed E-state index contributed by atoms with van der Waals surface area (Å²) < 4.78 is 26.4. The van der Waals surface area contributed by atoms with Gasteiger partial charge >= 0.3 is 5.97 Å². The molecule has 0 heterocycles. The number of thioether (sulfide) groups is 1. The summed E-state index contributed by atoms with van der Waals surface area (Å²) in [6.07, 6.45) is 1.88. The number of rotatable bonds is 6. The van der Waals surface area contributed by atoms with E-state index in [2.05, 4.69) is 0 Å². The van der Waals surface area contributed by atoms with Crippen molar-refractivity contribution in [1.29, 1.82) is 0 Å². The van der Waals surface area contributed by atoms with Gasteiger partial charge in [0.2, 0.25) is 0 Å². The first-order valence-corrected chi connectivity index (χ1v) is 9.53. The molecule has 2 aromatic carbocycles. The second-order valence-corrected chi connectivity index (χ2v) is 7.68. The van der Waals surface area contributed by atoms with Crippen molar-refractivity contribution >= 4 is 45.0 Å². The van der Waals surface area contributed by atoms with E-state index >= 15 is 0 Å². The van der Waals surface area contributed by atoms with Crippen LogP contribution in [-0.2, 0) is 14.8 Å². The molecule has 0 aliphatic carbocycles. The van der Waals surface area contributed by atoms with Crippen LogP contribution in [0.1, 0.15) is 0 Å². The molecule has 0 atom stereocenters. The Morgan fingerprint density at radius 3 is 2.30 bits per heavy atom. The van der Waals surface area contributed by atoms with Gasteiger partial charge in [-0.15, -0.1) is 11.8 Å². The third kappa shape index (κ3) is 3.99. The van der Waals surface area contributed by atoms with Crippen molar-refractivity contribution in [2.75, 3.05) is 17.1 Å². The van der Waals surface area contributed by atoms with Crippen LogP contribution in [0.3, 0.4) is 0 Å². The summed E-state index contributed by atoms with van der Waals surface area (Å²) in [5.74, 6) is -1.27. The lowest BCUT2D eigenvalue weighted by Crippen LogP contribution is -2.35. The van der Waals surface area contributed by atoms with Crippen LogP contribution in [0.15, 0.2) is 58.3 Å². The molecule has 0 fully saturated rings. The molecule has 1 N–H and O–H groups in total. The van der Waals surface area contributed by atoms with Gasteiger partial charge in [0.25, 0.3) is 10.0 Å². The molecule has 8 heteroatoms. The molecule has 0 saturated heterocycles. The minimum atomic E-state index is -4.04. The van der Waals surface area contributed by atoms with Crippen molar-refractivity contribution in [3.05, 3.63) is 53.6 Å². The number of hydrogen-bond donors (Lipinski definition) is 1. The Morgan fingerprint density at radius 1 is 1.17 bits per heavy atom. The molecule has 0 aliphatic heterocycles. The molecule has 0 bridgehead atoms. The van der Waals surface area contributed by atoms with Crippen molar-refractivity contribution in [1.82, 2.24) is 0 Å². The lowest BCUT2D eigenvalue weighted by molar-refractivity contribution is -0.135. The van der Waals surface area contributed by atoms with Crippen molar-refractivity contribution in [2.24, 2.45) is 0 Å². The molecule has 0 aromatic heterocycles. The maximum absolute atomic E-state index is 12.8. The van der Waals surface area contributed by atoms with Crippen molar-refractivity contribution in [2.45, 2.75) is 9.79 Å². The molecular formula is C15H14ClNO4S2. The third-order valence-electron chi connectivity index (χ3n) is 3.05. The largest absolute Gasteiger partial charge is 0.480 e. The Balaban J connectivity index is 2.53. The summed E-state index contributed by atoms with van der Waals surface area (Å²) in [6, 6.07) is 12.5. The van der Waals surface area contributed by atoms with Gasteiger partial charge in [-0.3, -0.25) is 9.10 Å². The first kappa shape index (κ1) is 17.7. The Hall–Kier alpha value is -1.70. The highest BCUT2D eigenvalue weighted by atomic mass is 35.5. The second kappa shape index (κ2) is 7.25. The topological polar surface area (TPSA) is 74.7 Å². The van der Waals surface area contributed by atoms with E-state index in [4.69, 9.17) is 16.7 Å². The Bertz CT molecular complexity index is 806. The van der Waals surface area contributed by atoms with Gasteiger partial charge in [0.05, 0.1) is 15.6 Å².